The Kier molecular flexibility index (Phi) is 6.83. The number of hydrogen-bond acceptors (Lipinski definition) is 4. The topological polar surface area (TPSA) is 64.6 Å². The Morgan fingerprint density at radius 1 is 0.958 bits per heavy atom. The summed E-state index contributed by atoms with van der Waals surface area (Å²) in [6, 6.07) is 18.7. The minimum absolute atomic E-state index is 0.206. The van der Waals surface area contributed by atoms with E-state index in [4.69, 9.17) is 9.47 Å². The number of amides is 1. The summed E-state index contributed by atoms with van der Waals surface area (Å²) in [7, 11) is 0. The second-order valence-corrected chi connectivity index (χ2v) is 5.30. The van der Waals surface area contributed by atoms with E-state index in [1.807, 2.05) is 60.7 Å². The highest BCUT2D eigenvalue weighted by atomic mass is 16.5. The molecule has 0 saturated carbocycles. The Bertz CT molecular complexity index is 643. The summed E-state index contributed by atoms with van der Waals surface area (Å²) in [5, 5.41) is 2.82. The molecule has 1 atom stereocenters. The highest BCUT2D eigenvalue weighted by Crippen LogP contribution is 2.17. The molecule has 2 rings (SSSR count). The zero-order valence-corrected chi connectivity index (χ0v) is 13.6. The maximum absolute atomic E-state index is 12.1. The van der Waals surface area contributed by atoms with Gasteiger partial charge in [0.15, 0.2) is 0 Å². The van der Waals surface area contributed by atoms with Gasteiger partial charge in [0.05, 0.1) is 12.6 Å². The van der Waals surface area contributed by atoms with Gasteiger partial charge in [-0.15, -0.1) is 0 Å². The van der Waals surface area contributed by atoms with E-state index >= 15 is 0 Å². The molecule has 0 unspecified atom stereocenters. The third-order valence-corrected chi connectivity index (χ3v) is 3.42. The Hall–Kier alpha value is -2.82. The van der Waals surface area contributed by atoms with Gasteiger partial charge in [-0.25, -0.2) is 4.79 Å². The number of carbonyl (C=O) groups excluding carboxylic acids is 2. The summed E-state index contributed by atoms with van der Waals surface area (Å²) >= 11 is 0. The molecule has 1 amide bonds. The van der Waals surface area contributed by atoms with Crippen LogP contribution in [0.2, 0.25) is 0 Å². The molecule has 5 heteroatoms. The van der Waals surface area contributed by atoms with Crippen LogP contribution in [0.15, 0.2) is 60.7 Å². The van der Waals surface area contributed by atoms with Crippen LogP contribution >= 0.6 is 0 Å². The van der Waals surface area contributed by atoms with Gasteiger partial charge < -0.3 is 14.8 Å². The number of carbonyl (C=O) groups is 2. The van der Waals surface area contributed by atoms with Crippen molar-refractivity contribution in [3.05, 3.63) is 71.8 Å². The van der Waals surface area contributed by atoms with E-state index in [1.165, 1.54) is 6.92 Å². The lowest BCUT2D eigenvalue weighted by Crippen LogP contribution is -2.30. The van der Waals surface area contributed by atoms with Crippen LogP contribution in [0.25, 0.3) is 0 Å². The number of alkyl carbamates (subject to hydrolysis) is 1. The van der Waals surface area contributed by atoms with Crippen molar-refractivity contribution in [2.75, 3.05) is 6.61 Å². The lowest BCUT2D eigenvalue weighted by Gasteiger charge is -2.19. The third-order valence-electron chi connectivity index (χ3n) is 3.42. The molecule has 0 aliphatic rings. The summed E-state index contributed by atoms with van der Waals surface area (Å²) < 4.78 is 10.2. The zero-order valence-electron chi connectivity index (χ0n) is 13.6. The van der Waals surface area contributed by atoms with Gasteiger partial charge in [0.25, 0.3) is 0 Å². The molecule has 0 spiro atoms. The fourth-order valence-electron chi connectivity index (χ4n) is 2.24. The average Bonchev–Trinajstić information content (AvgIpc) is 2.60. The van der Waals surface area contributed by atoms with Crippen LogP contribution in [-0.2, 0) is 20.9 Å². The molecule has 126 valence electrons. The Labute approximate surface area is 141 Å². The average molecular weight is 327 g/mol. The van der Waals surface area contributed by atoms with Crippen LogP contribution in [0.3, 0.4) is 0 Å². The molecule has 0 saturated heterocycles. The zero-order chi connectivity index (χ0) is 17.2. The smallest absolute Gasteiger partial charge is 0.407 e. The Balaban J connectivity index is 1.91. The van der Waals surface area contributed by atoms with Crippen molar-refractivity contribution in [3.8, 4) is 0 Å². The quantitative estimate of drug-likeness (QED) is 0.789. The predicted molar refractivity (Wildman–Crippen MR) is 90.2 cm³/mol. The molecule has 0 aromatic heterocycles. The van der Waals surface area contributed by atoms with Crippen LogP contribution in [0.1, 0.15) is 30.5 Å². The number of nitrogens with one attached hydrogen (secondary N) is 1. The van der Waals surface area contributed by atoms with Gasteiger partial charge in [0, 0.05) is 13.3 Å². The SMILES string of the molecule is CC(=O)OCC[C@H](NC(=O)OCc1ccccc1)c1ccccc1. The van der Waals surface area contributed by atoms with Gasteiger partial charge >= 0.3 is 12.1 Å². The second-order valence-electron chi connectivity index (χ2n) is 5.30. The number of benzene rings is 2. The first-order valence-electron chi connectivity index (χ1n) is 7.80. The maximum atomic E-state index is 12.1. The first-order chi connectivity index (χ1) is 11.6. The van der Waals surface area contributed by atoms with E-state index in [1.54, 1.807) is 0 Å². The summed E-state index contributed by atoms with van der Waals surface area (Å²) in [6.45, 7) is 1.80. The van der Waals surface area contributed by atoms with E-state index in [9.17, 15) is 9.59 Å². The van der Waals surface area contributed by atoms with Gasteiger partial charge in [-0.05, 0) is 11.1 Å². The van der Waals surface area contributed by atoms with E-state index < -0.39 is 6.09 Å². The summed E-state index contributed by atoms with van der Waals surface area (Å²) in [6.07, 6.45) is -0.0279. The molecular formula is C19H21NO4. The molecule has 0 aliphatic carbocycles. The van der Waals surface area contributed by atoms with Crippen molar-refractivity contribution in [1.82, 2.24) is 5.32 Å². The van der Waals surface area contributed by atoms with Gasteiger partial charge in [-0.3, -0.25) is 4.79 Å². The summed E-state index contributed by atoms with van der Waals surface area (Å²) in [5.41, 5.74) is 1.85. The van der Waals surface area contributed by atoms with E-state index in [-0.39, 0.29) is 25.2 Å². The monoisotopic (exact) mass is 327 g/mol. The molecule has 0 fully saturated rings. The lowest BCUT2D eigenvalue weighted by atomic mass is 10.0. The highest BCUT2D eigenvalue weighted by Gasteiger charge is 2.16. The molecule has 5 nitrogen and oxygen atoms in total. The minimum atomic E-state index is -0.504. The van der Waals surface area contributed by atoms with Gasteiger partial charge in [-0.1, -0.05) is 60.7 Å². The predicted octanol–water partition coefficient (Wildman–Crippen LogP) is 3.61. The normalized spacial score (nSPS) is 11.4. The van der Waals surface area contributed by atoms with Crippen LogP contribution in [-0.4, -0.2) is 18.7 Å². The molecule has 0 heterocycles. The van der Waals surface area contributed by atoms with Crippen LogP contribution in [0.5, 0.6) is 0 Å². The van der Waals surface area contributed by atoms with Crippen LogP contribution in [0, 0.1) is 0 Å². The maximum Gasteiger partial charge on any atom is 0.407 e. The van der Waals surface area contributed by atoms with Crippen molar-refractivity contribution in [2.24, 2.45) is 0 Å². The van der Waals surface area contributed by atoms with E-state index in [2.05, 4.69) is 5.32 Å². The molecule has 1 N–H and O–H groups in total. The number of esters is 1. The molecule has 2 aromatic carbocycles. The summed E-state index contributed by atoms with van der Waals surface area (Å²) in [5.74, 6) is -0.339. The standard InChI is InChI=1S/C19H21NO4/c1-15(21)23-13-12-18(17-10-6-3-7-11-17)20-19(22)24-14-16-8-4-2-5-9-16/h2-11,18H,12-14H2,1H3,(H,20,22)/t18-/m0/s1. The molecule has 0 radical (unpaired) electrons. The largest absolute Gasteiger partial charge is 0.466 e. The Morgan fingerprint density at radius 2 is 1.58 bits per heavy atom. The van der Waals surface area contributed by atoms with E-state index in [0.29, 0.717) is 6.42 Å². The molecular weight excluding hydrogens is 306 g/mol. The minimum Gasteiger partial charge on any atom is -0.466 e. The van der Waals surface area contributed by atoms with Crippen molar-refractivity contribution >= 4 is 12.1 Å². The summed E-state index contributed by atoms with van der Waals surface area (Å²) in [4.78, 5) is 23.0. The number of ether oxygens (including phenoxy) is 2. The highest BCUT2D eigenvalue weighted by molar-refractivity contribution is 5.68. The van der Waals surface area contributed by atoms with Gasteiger partial charge in [-0.2, -0.15) is 0 Å². The lowest BCUT2D eigenvalue weighted by molar-refractivity contribution is -0.141. The second kappa shape index (κ2) is 9.35. The van der Waals surface area contributed by atoms with Crippen LogP contribution in [0.4, 0.5) is 4.79 Å². The van der Waals surface area contributed by atoms with Gasteiger partial charge in [0.1, 0.15) is 6.61 Å². The number of rotatable bonds is 7. The molecule has 2 aromatic rings. The Morgan fingerprint density at radius 3 is 2.21 bits per heavy atom. The van der Waals surface area contributed by atoms with Crippen molar-refractivity contribution in [2.45, 2.75) is 26.0 Å². The molecule has 0 bridgehead atoms. The van der Waals surface area contributed by atoms with Crippen molar-refractivity contribution < 1.29 is 19.1 Å². The molecule has 24 heavy (non-hydrogen) atoms. The van der Waals surface area contributed by atoms with Crippen molar-refractivity contribution in [1.29, 1.82) is 0 Å². The fourth-order valence-corrected chi connectivity index (χ4v) is 2.24. The first kappa shape index (κ1) is 17.5. The van der Waals surface area contributed by atoms with Crippen molar-refractivity contribution in [3.63, 3.8) is 0 Å². The van der Waals surface area contributed by atoms with Crippen LogP contribution < -0.4 is 5.32 Å². The third kappa shape index (κ3) is 6.12. The fraction of sp³-hybridized carbons (Fsp3) is 0.263. The van der Waals surface area contributed by atoms with E-state index in [0.717, 1.165) is 11.1 Å². The van der Waals surface area contributed by atoms with Gasteiger partial charge in [0.2, 0.25) is 0 Å². The first-order valence-corrected chi connectivity index (χ1v) is 7.80. The molecule has 0 aliphatic heterocycles. The number of hydrogen-bond donors (Lipinski definition) is 1.